The number of esters is 1. The van der Waals surface area contributed by atoms with Gasteiger partial charge in [-0.05, 0) is 37.7 Å². The fraction of sp³-hybridized carbons (Fsp3) is 0.467. The minimum Gasteiger partial charge on any atom is -0.468 e. The van der Waals surface area contributed by atoms with Crippen LogP contribution in [0.15, 0.2) is 24.3 Å². The van der Waals surface area contributed by atoms with Crippen molar-refractivity contribution in [2.75, 3.05) is 32.6 Å². The Hall–Kier alpha value is -1.92. The third kappa shape index (κ3) is 6.87. The van der Waals surface area contributed by atoms with Gasteiger partial charge in [-0.3, -0.25) is 14.5 Å². The Balaban J connectivity index is 2.29. The number of carbonyl (C=O) groups excluding carboxylic acids is 2. The molecule has 1 amide bonds. The molecule has 3 N–H and O–H groups in total. The average molecular weight is 293 g/mol. The molecule has 0 radical (unpaired) electrons. The zero-order valence-electron chi connectivity index (χ0n) is 12.6. The van der Waals surface area contributed by atoms with Crippen molar-refractivity contribution in [3.63, 3.8) is 0 Å². The monoisotopic (exact) mass is 293 g/mol. The van der Waals surface area contributed by atoms with Crippen LogP contribution in [0.25, 0.3) is 0 Å². The Kier molecular flexibility index (Phi) is 7.42. The number of ether oxygens (including phenoxy) is 1. The molecule has 116 valence electrons. The molecule has 0 aliphatic rings. The molecular formula is C15H23N3O3. The highest BCUT2D eigenvalue weighted by Gasteiger charge is 2.07. The van der Waals surface area contributed by atoms with Gasteiger partial charge >= 0.3 is 5.97 Å². The summed E-state index contributed by atoms with van der Waals surface area (Å²) in [6.07, 6.45) is 1.08. The van der Waals surface area contributed by atoms with Gasteiger partial charge in [-0.25, -0.2) is 0 Å². The van der Waals surface area contributed by atoms with E-state index in [4.69, 9.17) is 5.73 Å². The van der Waals surface area contributed by atoms with Crippen LogP contribution in [0.3, 0.4) is 0 Å². The zero-order valence-corrected chi connectivity index (χ0v) is 12.6. The summed E-state index contributed by atoms with van der Waals surface area (Å²) in [5.74, 6) is -0.323. The molecule has 0 saturated heterocycles. The van der Waals surface area contributed by atoms with Crippen molar-refractivity contribution in [1.29, 1.82) is 0 Å². The van der Waals surface area contributed by atoms with Gasteiger partial charge in [-0.2, -0.15) is 0 Å². The number of rotatable bonds is 8. The summed E-state index contributed by atoms with van der Waals surface area (Å²) in [5, 5.41) is 2.84. The van der Waals surface area contributed by atoms with Gasteiger partial charge < -0.3 is 15.8 Å². The van der Waals surface area contributed by atoms with Gasteiger partial charge in [0.25, 0.3) is 0 Å². The summed E-state index contributed by atoms with van der Waals surface area (Å²) in [6, 6.07) is 7.47. The first-order valence-corrected chi connectivity index (χ1v) is 6.89. The van der Waals surface area contributed by atoms with Crippen molar-refractivity contribution in [1.82, 2.24) is 4.90 Å². The van der Waals surface area contributed by atoms with Crippen molar-refractivity contribution in [3.8, 4) is 0 Å². The van der Waals surface area contributed by atoms with Crippen LogP contribution in [0.1, 0.15) is 18.4 Å². The summed E-state index contributed by atoms with van der Waals surface area (Å²) in [7, 11) is 3.18. The third-order valence-corrected chi connectivity index (χ3v) is 3.02. The second-order valence-corrected chi connectivity index (χ2v) is 4.87. The second kappa shape index (κ2) is 9.10. The molecule has 0 unspecified atom stereocenters. The molecule has 1 aromatic rings. The summed E-state index contributed by atoms with van der Waals surface area (Å²) in [6.45, 7) is 1.34. The summed E-state index contributed by atoms with van der Waals surface area (Å²) in [5.41, 5.74) is 7.29. The van der Waals surface area contributed by atoms with E-state index in [1.54, 1.807) is 0 Å². The van der Waals surface area contributed by atoms with Crippen molar-refractivity contribution < 1.29 is 14.3 Å². The molecule has 1 aromatic carbocycles. The Morgan fingerprint density at radius 3 is 2.81 bits per heavy atom. The van der Waals surface area contributed by atoms with E-state index >= 15 is 0 Å². The molecule has 6 nitrogen and oxygen atoms in total. The van der Waals surface area contributed by atoms with E-state index in [0.717, 1.165) is 11.3 Å². The van der Waals surface area contributed by atoms with Crippen molar-refractivity contribution in [3.05, 3.63) is 29.8 Å². The molecule has 21 heavy (non-hydrogen) atoms. The topological polar surface area (TPSA) is 84.7 Å². The first-order valence-electron chi connectivity index (χ1n) is 6.89. The Morgan fingerprint density at radius 1 is 1.38 bits per heavy atom. The lowest BCUT2D eigenvalue weighted by atomic mass is 10.2. The molecule has 0 fully saturated rings. The van der Waals surface area contributed by atoms with E-state index in [9.17, 15) is 9.59 Å². The van der Waals surface area contributed by atoms with Crippen LogP contribution < -0.4 is 11.1 Å². The van der Waals surface area contributed by atoms with E-state index < -0.39 is 0 Å². The smallest absolute Gasteiger partial charge is 0.319 e. The lowest BCUT2D eigenvalue weighted by Gasteiger charge is -2.14. The van der Waals surface area contributed by atoms with Crippen molar-refractivity contribution >= 4 is 17.6 Å². The number of hydrogen-bond acceptors (Lipinski definition) is 5. The van der Waals surface area contributed by atoms with E-state index in [2.05, 4.69) is 10.1 Å². The maximum absolute atomic E-state index is 11.8. The summed E-state index contributed by atoms with van der Waals surface area (Å²) < 4.78 is 4.58. The molecule has 0 spiro atoms. The number of likely N-dealkylation sites (N-methyl/N-ethyl adjacent to an activating group) is 1. The lowest BCUT2D eigenvalue weighted by molar-refractivity contribution is -0.141. The number of amides is 1. The molecule has 0 aliphatic carbocycles. The van der Waals surface area contributed by atoms with Gasteiger partial charge in [-0.1, -0.05) is 12.1 Å². The van der Waals surface area contributed by atoms with Crippen LogP contribution in [0.2, 0.25) is 0 Å². The number of anilines is 1. The van der Waals surface area contributed by atoms with Crippen LogP contribution in [0.5, 0.6) is 0 Å². The number of benzene rings is 1. The largest absolute Gasteiger partial charge is 0.468 e. The first kappa shape index (κ1) is 17.1. The summed E-state index contributed by atoms with van der Waals surface area (Å²) in [4.78, 5) is 24.7. The van der Waals surface area contributed by atoms with E-state index in [1.165, 1.54) is 7.11 Å². The Bertz CT molecular complexity index is 477. The second-order valence-electron chi connectivity index (χ2n) is 4.87. The fourth-order valence-electron chi connectivity index (χ4n) is 1.87. The highest BCUT2D eigenvalue weighted by Crippen LogP contribution is 2.10. The van der Waals surface area contributed by atoms with Crippen LogP contribution in [0.4, 0.5) is 5.69 Å². The van der Waals surface area contributed by atoms with Crippen molar-refractivity contribution in [2.24, 2.45) is 5.73 Å². The fourth-order valence-corrected chi connectivity index (χ4v) is 1.87. The van der Waals surface area contributed by atoms with Gasteiger partial charge in [0.1, 0.15) is 0 Å². The average Bonchev–Trinajstić information content (AvgIpc) is 2.47. The molecular weight excluding hydrogens is 270 g/mol. The number of carbonyl (C=O) groups is 2. The first-order chi connectivity index (χ1) is 10.0. The summed E-state index contributed by atoms with van der Waals surface area (Å²) >= 11 is 0. The van der Waals surface area contributed by atoms with Gasteiger partial charge in [0.05, 0.1) is 13.7 Å². The minimum absolute atomic E-state index is 0.0457. The highest BCUT2D eigenvalue weighted by molar-refractivity contribution is 5.90. The standard InChI is InChI=1S/C15H23N3O3/c1-18(11-15(20)21-2)8-4-7-14(19)17-13-6-3-5-12(9-13)10-16/h3,5-6,9H,4,7-8,10-11,16H2,1-2H3,(H,17,19). The predicted molar refractivity (Wildman–Crippen MR) is 81.7 cm³/mol. The zero-order chi connectivity index (χ0) is 15.7. The molecule has 0 aromatic heterocycles. The number of nitrogens with zero attached hydrogens (tertiary/aromatic N) is 1. The Morgan fingerprint density at radius 2 is 2.14 bits per heavy atom. The van der Waals surface area contributed by atoms with Gasteiger partial charge in [-0.15, -0.1) is 0 Å². The van der Waals surface area contributed by atoms with Gasteiger partial charge in [0, 0.05) is 18.7 Å². The molecule has 0 bridgehead atoms. The van der Waals surface area contributed by atoms with Gasteiger partial charge in [0.2, 0.25) is 5.91 Å². The molecule has 0 aliphatic heterocycles. The Labute approximate surface area is 125 Å². The van der Waals surface area contributed by atoms with Crippen LogP contribution in [-0.4, -0.2) is 44.0 Å². The predicted octanol–water partition coefficient (Wildman–Crippen LogP) is 0.969. The van der Waals surface area contributed by atoms with Gasteiger partial charge in [0.15, 0.2) is 0 Å². The maximum atomic E-state index is 11.8. The van der Waals surface area contributed by atoms with E-state index in [1.807, 2.05) is 36.2 Å². The quantitative estimate of drug-likeness (QED) is 0.698. The number of nitrogens with one attached hydrogen (secondary N) is 1. The van der Waals surface area contributed by atoms with E-state index in [-0.39, 0.29) is 18.4 Å². The molecule has 1 rings (SSSR count). The van der Waals surface area contributed by atoms with Crippen LogP contribution in [-0.2, 0) is 20.9 Å². The number of nitrogens with two attached hydrogens (primary N) is 1. The minimum atomic E-state index is -0.277. The van der Waals surface area contributed by atoms with E-state index in [0.29, 0.717) is 25.9 Å². The van der Waals surface area contributed by atoms with Crippen LogP contribution in [0, 0.1) is 0 Å². The lowest BCUT2D eigenvalue weighted by Crippen LogP contribution is -2.28. The normalized spacial score (nSPS) is 10.5. The third-order valence-electron chi connectivity index (χ3n) is 3.02. The maximum Gasteiger partial charge on any atom is 0.319 e. The molecule has 0 heterocycles. The molecule has 0 atom stereocenters. The SMILES string of the molecule is COC(=O)CN(C)CCCC(=O)Nc1cccc(CN)c1. The molecule has 6 heteroatoms. The molecule has 0 saturated carbocycles. The van der Waals surface area contributed by atoms with Crippen molar-refractivity contribution in [2.45, 2.75) is 19.4 Å². The van der Waals surface area contributed by atoms with Crippen LogP contribution >= 0.6 is 0 Å². The number of hydrogen-bond donors (Lipinski definition) is 2. The highest BCUT2D eigenvalue weighted by atomic mass is 16.5. The number of methoxy groups -OCH3 is 1.